The molecule has 0 spiro atoms. The summed E-state index contributed by atoms with van der Waals surface area (Å²) in [6, 6.07) is 2.49. The van der Waals surface area contributed by atoms with Crippen molar-refractivity contribution in [3.05, 3.63) is 17.5 Å². The van der Waals surface area contributed by atoms with Crippen molar-refractivity contribution in [3.63, 3.8) is 0 Å². The molecule has 1 aliphatic carbocycles. The summed E-state index contributed by atoms with van der Waals surface area (Å²) in [4.78, 5) is 0. The average molecular weight is 211 g/mol. The van der Waals surface area contributed by atoms with E-state index in [1.165, 1.54) is 12.8 Å². The van der Waals surface area contributed by atoms with E-state index in [4.69, 9.17) is 16.7 Å². The molecule has 1 saturated carbocycles. The Morgan fingerprint density at radius 2 is 2.50 bits per heavy atom. The van der Waals surface area contributed by atoms with Gasteiger partial charge in [0.2, 0.25) is 0 Å². The molecule has 0 radical (unpaired) electrons. The number of nitrogens with zero attached hydrogens (tertiary/aromatic N) is 1. The van der Waals surface area contributed by atoms with Crippen LogP contribution in [0, 0.1) is 6.92 Å². The topological polar surface area (TPSA) is 50.1 Å². The van der Waals surface area contributed by atoms with Gasteiger partial charge in [0, 0.05) is 12.1 Å². The number of hydrogen-bond donors (Lipinski definition) is 2. The molecule has 0 aromatic carbocycles. The highest BCUT2D eigenvalue weighted by Crippen LogP contribution is 2.18. The third-order valence-electron chi connectivity index (χ3n) is 2.02. The second kappa shape index (κ2) is 3.96. The van der Waals surface area contributed by atoms with Crippen LogP contribution >= 0.6 is 12.2 Å². The van der Waals surface area contributed by atoms with Crippen LogP contribution in [0.4, 0.5) is 0 Å². The van der Waals surface area contributed by atoms with Gasteiger partial charge in [0.25, 0.3) is 0 Å². The van der Waals surface area contributed by atoms with Crippen molar-refractivity contribution in [1.82, 2.24) is 15.8 Å². The summed E-state index contributed by atoms with van der Waals surface area (Å²) in [6.45, 7) is 2.49. The summed E-state index contributed by atoms with van der Waals surface area (Å²) in [5.41, 5.74) is 0.877. The molecule has 0 saturated heterocycles. The monoisotopic (exact) mass is 211 g/mol. The van der Waals surface area contributed by atoms with Gasteiger partial charge in [-0.25, -0.2) is 0 Å². The Morgan fingerprint density at radius 3 is 3.07 bits per heavy atom. The van der Waals surface area contributed by atoms with Crippen LogP contribution in [-0.2, 0) is 6.54 Å². The molecule has 1 fully saturated rings. The van der Waals surface area contributed by atoms with Gasteiger partial charge in [-0.3, -0.25) is 0 Å². The molecule has 14 heavy (non-hydrogen) atoms. The van der Waals surface area contributed by atoms with E-state index in [0.29, 0.717) is 17.7 Å². The molecule has 0 aliphatic heterocycles. The second-order valence-electron chi connectivity index (χ2n) is 3.53. The maximum absolute atomic E-state index is 5.10. The largest absolute Gasteiger partial charge is 0.361 e. The lowest BCUT2D eigenvalue weighted by molar-refractivity contribution is 0.390. The Labute approximate surface area is 88.0 Å². The summed E-state index contributed by atoms with van der Waals surface area (Å²) >= 11 is 5.10. The van der Waals surface area contributed by atoms with Crippen LogP contribution in [0.5, 0.6) is 0 Å². The molecular weight excluding hydrogens is 198 g/mol. The summed E-state index contributed by atoms with van der Waals surface area (Å²) in [7, 11) is 0. The van der Waals surface area contributed by atoms with E-state index < -0.39 is 0 Å². The van der Waals surface area contributed by atoms with Crippen molar-refractivity contribution in [2.45, 2.75) is 32.4 Å². The molecule has 1 aromatic rings. The molecule has 1 heterocycles. The first kappa shape index (κ1) is 9.45. The maximum atomic E-state index is 5.10. The van der Waals surface area contributed by atoms with E-state index in [1.807, 2.05) is 13.0 Å². The van der Waals surface area contributed by atoms with Crippen LogP contribution < -0.4 is 10.6 Å². The minimum atomic E-state index is 0.592. The zero-order valence-corrected chi connectivity index (χ0v) is 8.86. The fourth-order valence-corrected chi connectivity index (χ4v) is 1.38. The van der Waals surface area contributed by atoms with Gasteiger partial charge in [-0.1, -0.05) is 5.16 Å². The van der Waals surface area contributed by atoms with E-state index in [9.17, 15) is 0 Å². The average Bonchev–Trinajstić information content (AvgIpc) is 2.85. The van der Waals surface area contributed by atoms with Crippen molar-refractivity contribution < 1.29 is 4.52 Å². The predicted octanol–water partition coefficient (Wildman–Crippen LogP) is 1.11. The van der Waals surface area contributed by atoms with Crippen molar-refractivity contribution >= 4 is 17.3 Å². The summed E-state index contributed by atoms with van der Waals surface area (Å²) in [5.74, 6) is 0.822. The molecule has 0 unspecified atom stereocenters. The number of nitrogens with one attached hydrogen (secondary N) is 2. The molecule has 1 aliphatic rings. The van der Waals surface area contributed by atoms with Gasteiger partial charge < -0.3 is 15.2 Å². The van der Waals surface area contributed by atoms with Gasteiger partial charge >= 0.3 is 0 Å². The lowest BCUT2D eigenvalue weighted by Crippen LogP contribution is -2.36. The molecule has 2 N–H and O–H groups in total. The van der Waals surface area contributed by atoms with Gasteiger partial charge in [0.05, 0.1) is 6.54 Å². The van der Waals surface area contributed by atoms with E-state index >= 15 is 0 Å². The molecule has 2 rings (SSSR count). The molecule has 0 atom stereocenters. The fraction of sp³-hybridized carbons (Fsp3) is 0.556. The fourth-order valence-electron chi connectivity index (χ4n) is 1.14. The first-order chi connectivity index (χ1) is 6.74. The predicted molar refractivity (Wildman–Crippen MR) is 56.8 cm³/mol. The lowest BCUT2D eigenvalue weighted by atomic mass is 10.4. The highest BCUT2D eigenvalue weighted by molar-refractivity contribution is 7.80. The smallest absolute Gasteiger partial charge is 0.166 e. The third kappa shape index (κ3) is 2.70. The van der Waals surface area contributed by atoms with Gasteiger partial charge in [-0.2, -0.15) is 0 Å². The standard InChI is InChI=1S/C9H13N3OS/c1-6-4-8(12-13-6)5-10-9(14)11-7-2-3-7/h4,7H,2-3,5H2,1H3,(H2,10,11,14). The molecule has 0 bridgehead atoms. The van der Waals surface area contributed by atoms with E-state index in [2.05, 4.69) is 15.8 Å². The first-order valence-corrected chi connectivity index (χ1v) is 5.11. The van der Waals surface area contributed by atoms with Crippen LogP contribution in [0.2, 0.25) is 0 Å². The first-order valence-electron chi connectivity index (χ1n) is 4.70. The van der Waals surface area contributed by atoms with Crippen LogP contribution in [0.1, 0.15) is 24.3 Å². The molecule has 0 amide bonds. The van der Waals surface area contributed by atoms with E-state index in [0.717, 1.165) is 11.5 Å². The minimum Gasteiger partial charge on any atom is -0.361 e. The van der Waals surface area contributed by atoms with Crippen LogP contribution in [0.15, 0.2) is 10.6 Å². The third-order valence-corrected chi connectivity index (χ3v) is 2.28. The maximum Gasteiger partial charge on any atom is 0.166 e. The van der Waals surface area contributed by atoms with Gasteiger partial charge in [-0.05, 0) is 32.0 Å². The molecular formula is C9H13N3OS. The quantitative estimate of drug-likeness (QED) is 0.733. The normalized spacial score (nSPS) is 15.2. The Balaban J connectivity index is 1.73. The molecule has 1 aromatic heterocycles. The van der Waals surface area contributed by atoms with Crippen LogP contribution in [0.25, 0.3) is 0 Å². The number of aromatic nitrogens is 1. The van der Waals surface area contributed by atoms with Gasteiger partial charge in [0.15, 0.2) is 5.11 Å². The number of hydrogen-bond acceptors (Lipinski definition) is 3. The zero-order valence-electron chi connectivity index (χ0n) is 8.04. The SMILES string of the molecule is Cc1cc(CNC(=S)NC2CC2)no1. The van der Waals surface area contributed by atoms with Crippen LogP contribution in [-0.4, -0.2) is 16.3 Å². The van der Waals surface area contributed by atoms with Crippen molar-refractivity contribution in [1.29, 1.82) is 0 Å². The van der Waals surface area contributed by atoms with Gasteiger partial charge in [0.1, 0.15) is 11.5 Å². The highest BCUT2D eigenvalue weighted by Gasteiger charge is 2.21. The van der Waals surface area contributed by atoms with Crippen molar-refractivity contribution in [2.24, 2.45) is 0 Å². The molecule has 76 valence electrons. The number of aryl methyl sites for hydroxylation is 1. The van der Waals surface area contributed by atoms with Gasteiger partial charge in [-0.15, -0.1) is 0 Å². The Kier molecular flexibility index (Phi) is 2.67. The van der Waals surface area contributed by atoms with Crippen molar-refractivity contribution in [2.75, 3.05) is 0 Å². The number of thiocarbonyl (C=S) groups is 1. The Bertz CT molecular complexity index is 333. The lowest BCUT2D eigenvalue weighted by Gasteiger charge is -2.06. The van der Waals surface area contributed by atoms with E-state index in [1.54, 1.807) is 0 Å². The summed E-state index contributed by atoms with van der Waals surface area (Å²) < 4.78 is 4.94. The zero-order chi connectivity index (χ0) is 9.97. The van der Waals surface area contributed by atoms with Crippen molar-refractivity contribution in [3.8, 4) is 0 Å². The Morgan fingerprint density at radius 1 is 1.71 bits per heavy atom. The minimum absolute atomic E-state index is 0.592. The van der Waals surface area contributed by atoms with Crippen LogP contribution in [0.3, 0.4) is 0 Å². The number of rotatable bonds is 3. The Hall–Kier alpha value is -1.10. The van der Waals surface area contributed by atoms with E-state index in [-0.39, 0.29) is 0 Å². The summed E-state index contributed by atoms with van der Waals surface area (Å²) in [6.07, 6.45) is 2.45. The molecule has 4 nitrogen and oxygen atoms in total. The summed E-state index contributed by atoms with van der Waals surface area (Å²) in [5, 5.41) is 10.8. The highest BCUT2D eigenvalue weighted by atomic mass is 32.1. The molecule has 5 heteroatoms. The second-order valence-corrected chi connectivity index (χ2v) is 3.94.